The summed E-state index contributed by atoms with van der Waals surface area (Å²) in [6.07, 6.45) is 8.96. The maximum absolute atomic E-state index is 2.51. The summed E-state index contributed by atoms with van der Waals surface area (Å²) in [5.74, 6) is 0. The highest BCUT2D eigenvalue weighted by Crippen LogP contribution is 2.44. The van der Waals surface area contributed by atoms with E-state index in [9.17, 15) is 0 Å². The van der Waals surface area contributed by atoms with E-state index in [-0.39, 0.29) is 6.71 Å². The highest BCUT2D eigenvalue weighted by Gasteiger charge is 2.43. The molecule has 0 saturated carbocycles. The Morgan fingerprint density at radius 3 is 1.49 bits per heavy atom. The molecule has 0 aromatic heterocycles. The van der Waals surface area contributed by atoms with Gasteiger partial charge in [0.2, 0.25) is 0 Å². The average molecular weight is 533 g/mol. The van der Waals surface area contributed by atoms with Crippen LogP contribution in [-0.2, 0) is 6.42 Å². The average Bonchev–Trinajstić information content (AvgIpc) is 3.03. The van der Waals surface area contributed by atoms with Crippen molar-refractivity contribution in [2.45, 2.75) is 51.9 Å². The molecule has 0 N–H and O–H groups in total. The number of unbranched alkanes of at least 4 members (excludes halogenated alkanes) is 5. The second-order valence-electron chi connectivity index (χ2n) is 11.5. The van der Waals surface area contributed by atoms with Crippen molar-refractivity contribution in [3.63, 3.8) is 0 Å². The molecule has 202 valence electrons. The first kappa shape index (κ1) is 25.7. The number of benzene rings is 5. The fraction of sp³-hybridized carbons (Fsp3) is 0.211. The van der Waals surface area contributed by atoms with Crippen molar-refractivity contribution in [1.82, 2.24) is 0 Å². The van der Waals surface area contributed by atoms with Gasteiger partial charge in [0.05, 0.1) is 0 Å². The monoisotopic (exact) mass is 532 g/mol. The van der Waals surface area contributed by atoms with Crippen LogP contribution in [0.3, 0.4) is 0 Å². The minimum absolute atomic E-state index is 0.190. The van der Waals surface area contributed by atoms with Crippen molar-refractivity contribution in [2.75, 3.05) is 9.80 Å². The number of hydrogen-bond donors (Lipinski definition) is 0. The molecule has 0 fully saturated rings. The Balaban J connectivity index is 1.44. The topological polar surface area (TPSA) is 6.48 Å². The van der Waals surface area contributed by atoms with Crippen LogP contribution < -0.4 is 26.2 Å². The summed E-state index contributed by atoms with van der Waals surface area (Å²) in [5.41, 5.74) is 13.2. The number of para-hydroxylation sites is 4. The van der Waals surface area contributed by atoms with Crippen LogP contribution in [0.15, 0.2) is 121 Å². The molecule has 0 saturated heterocycles. The second kappa shape index (κ2) is 11.3. The lowest BCUT2D eigenvalue weighted by molar-refractivity contribution is 0.607. The van der Waals surface area contributed by atoms with E-state index in [2.05, 4.69) is 138 Å². The lowest BCUT2D eigenvalue weighted by Gasteiger charge is -2.44. The van der Waals surface area contributed by atoms with E-state index in [1.165, 1.54) is 94.6 Å². The molecule has 2 nitrogen and oxygen atoms in total. The highest BCUT2D eigenvalue weighted by atomic mass is 15.2. The first-order valence-electron chi connectivity index (χ1n) is 15.4. The summed E-state index contributed by atoms with van der Waals surface area (Å²) in [6.45, 7) is 2.48. The molecular formula is C38H37BN2. The van der Waals surface area contributed by atoms with Gasteiger partial charge in [-0.05, 0) is 83.3 Å². The number of nitrogens with zero attached hydrogens (tertiary/aromatic N) is 2. The summed E-state index contributed by atoms with van der Waals surface area (Å²) >= 11 is 0. The molecule has 0 spiro atoms. The third-order valence-corrected chi connectivity index (χ3v) is 8.79. The van der Waals surface area contributed by atoms with Crippen LogP contribution in [0.4, 0.5) is 34.1 Å². The number of aryl methyl sites for hydroxylation is 1. The molecule has 0 amide bonds. The van der Waals surface area contributed by atoms with Crippen LogP contribution in [0, 0.1) is 0 Å². The van der Waals surface area contributed by atoms with Crippen LogP contribution in [0.25, 0.3) is 0 Å². The lowest BCUT2D eigenvalue weighted by Crippen LogP contribution is -2.61. The molecule has 0 aliphatic carbocycles. The Morgan fingerprint density at radius 1 is 0.488 bits per heavy atom. The highest BCUT2D eigenvalue weighted by molar-refractivity contribution is 7.00. The molecular weight excluding hydrogens is 495 g/mol. The standard InChI is InChI=1S/C38H37BN2/c1-2-3-4-5-6-9-18-29-27-36-38-37(28-29)41(31-21-12-8-13-22-31)35-26-17-15-24-33(35)39(38)32-23-14-16-25-34(32)40(36)30-19-10-7-11-20-30/h7-8,10-17,19-28H,2-6,9,18H2,1H3. The van der Waals surface area contributed by atoms with Gasteiger partial charge in [-0.25, -0.2) is 0 Å². The van der Waals surface area contributed by atoms with Crippen molar-refractivity contribution in [3.05, 3.63) is 127 Å². The predicted molar refractivity (Wildman–Crippen MR) is 178 cm³/mol. The van der Waals surface area contributed by atoms with Gasteiger partial charge in [-0.2, -0.15) is 0 Å². The number of hydrogen-bond acceptors (Lipinski definition) is 2. The third-order valence-electron chi connectivity index (χ3n) is 8.79. The van der Waals surface area contributed by atoms with Crippen LogP contribution in [0.2, 0.25) is 0 Å². The van der Waals surface area contributed by atoms with E-state index in [4.69, 9.17) is 0 Å². The Bertz CT molecular complexity index is 1530. The fourth-order valence-corrected chi connectivity index (χ4v) is 6.92. The largest absolute Gasteiger partial charge is 0.311 e. The molecule has 0 unspecified atom stereocenters. The Morgan fingerprint density at radius 2 is 0.951 bits per heavy atom. The van der Waals surface area contributed by atoms with Gasteiger partial charge in [-0.15, -0.1) is 0 Å². The zero-order valence-electron chi connectivity index (χ0n) is 24.0. The van der Waals surface area contributed by atoms with Crippen LogP contribution in [-0.4, -0.2) is 6.71 Å². The maximum atomic E-state index is 2.51. The third kappa shape index (κ3) is 4.64. The van der Waals surface area contributed by atoms with Gasteiger partial charge in [-0.1, -0.05) is 112 Å². The number of rotatable bonds is 9. The Kier molecular flexibility index (Phi) is 7.11. The van der Waals surface area contributed by atoms with E-state index in [0.717, 1.165) is 6.42 Å². The van der Waals surface area contributed by atoms with Crippen molar-refractivity contribution in [1.29, 1.82) is 0 Å². The minimum Gasteiger partial charge on any atom is -0.311 e. The molecule has 2 aliphatic rings. The zero-order chi connectivity index (χ0) is 27.6. The van der Waals surface area contributed by atoms with Gasteiger partial charge < -0.3 is 9.80 Å². The van der Waals surface area contributed by atoms with Crippen LogP contribution in [0.1, 0.15) is 51.0 Å². The van der Waals surface area contributed by atoms with Crippen molar-refractivity contribution < 1.29 is 0 Å². The molecule has 0 atom stereocenters. The van der Waals surface area contributed by atoms with Gasteiger partial charge >= 0.3 is 0 Å². The molecule has 7 rings (SSSR count). The Labute approximate surface area is 245 Å². The van der Waals surface area contributed by atoms with E-state index < -0.39 is 0 Å². The lowest BCUT2D eigenvalue weighted by atomic mass is 9.33. The molecule has 2 aliphatic heterocycles. The van der Waals surface area contributed by atoms with Crippen molar-refractivity contribution in [2.24, 2.45) is 0 Å². The molecule has 3 heteroatoms. The molecule has 41 heavy (non-hydrogen) atoms. The maximum Gasteiger partial charge on any atom is 0.252 e. The summed E-state index contributed by atoms with van der Waals surface area (Å²) < 4.78 is 0. The number of fused-ring (bicyclic) bond motifs is 4. The summed E-state index contributed by atoms with van der Waals surface area (Å²) in [5, 5.41) is 0. The van der Waals surface area contributed by atoms with Gasteiger partial charge in [-0.3, -0.25) is 0 Å². The molecule has 0 bridgehead atoms. The molecule has 0 radical (unpaired) electrons. The van der Waals surface area contributed by atoms with Crippen molar-refractivity contribution >= 4 is 57.2 Å². The second-order valence-corrected chi connectivity index (χ2v) is 11.5. The van der Waals surface area contributed by atoms with Crippen molar-refractivity contribution in [3.8, 4) is 0 Å². The number of anilines is 6. The SMILES string of the molecule is CCCCCCCCc1cc2c3c(c1)N(c1ccccc1)c1ccccc1B3c1ccccc1N2c1ccccc1. The summed E-state index contributed by atoms with van der Waals surface area (Å²) in [6, 6.07) is 44.9. The first-order chi connectivity index (χ1) is 20.3. The smallest absolute Gasteiger partial charge is 0.252 e. The van der Waals surface area contributed by atoms with Gasteiger partial charge in [0.15, 0.2) is 0 Å². The van der Waals surface area contributed by atoms with Crippen LogP contribution in [0.5, 0.6) is 0 Å². The predicted octanol–water partition coefficient (Wildman–Crippen LogP) is 8.67. The first-order valence-corrected chi connectivity index (χ1v) is 15.4. The van der Waals surface area contributed by atoms with E-state index in [0.29, 0.717) is 0 Å². The summed E-state index contributed by atoms with van der Waals surface area (Å²) in [4.78, 5) is 5.01. The van der Waals surface area contributed by atoms with Crippen LogP contribution >= 0.6 is 0 Å². The molecule has 5 aromatic carbocycles. The van der Waals surface area contributed by atoms with Gasteiger partial charge in [0.25, 0.3) is 6.71 Å². The zero-order valence-corrected chi connectivity index (χ0v) is 24.0. The normalized spacial score (nSPS) is 13.0. The van der Waals surface area contributed by atoms with E-state index in [1.54, 1.807) is 0 Å². The minimum atomic E-state index is 0.190. The van der Waals surface area contributed by atoms with Gasteiger partial charge in [0.1, 0.15) is 0 Å². The molecule has 2 heterocycles. The summed E-state index contributed by atoms with van der Waals surface area (Å²) in [7, 11) is 0. The van der Waals surface area contributed by atoms with E-state index in [1.807, 2.05) is 0 Å². The fourth-order valence-electron chi connectivity index (χ4n) is 6.92. The Hall–Kier alpha value is -4.24. The molecule has 5 aromatic rings. The quantitative estimate of drug-likeness (QED) is 0.136. The van der Waals surface area contributed by atoms with E-state index >= 15 is 0 Å². The van der Waals surface area contributed by atoms with Gasteiger partial charge in [0, 0.05) is 34.1 Å².